The van der Waals surface area contributed by atoms with Crippen LogP contribution in [-0.2, 0) is 7.05 Å². The van der Waals surface area contributed by atoms with Crippen molar-refractivity contribution in [3.05, 3.63) is 58.3 Å². The Morgan fingerprint density at radius 1 is 1.26 bits per heavy atom. The van der Waals surface area contributed by atoms with Crippen LogP contribution in [0.1, 0.15) is 11.6 Å². The molecule has 0 unspecified atom stereocenters. The fraction of sp³-hybridized carbons (Fsp3) is 0.286. The number of hydrogen-bond donors (Lipinski definition) is 0. The molecule has 4 nitrogen and oxygen atoms in total. The average molecular weight is 347 g/mol. The molecule has 0 fully saturated rings. The van der Waals surface area contributed by atoms with E-state index in [0.29, 0.717) is 0 Å². The first-order valence-electron chi connectivity index (χ1n) is 6.45. The van der Waals surface area contributed by atoms with E-state index in [1.807, 2.05) is 0 Å². The van der Waals surface area contributed by atoms with Crippen LogP contribution >= 0.6 is 11.9 Å². The van der Waals surface area contributed by atoms with Gasteiger partial charge in [0.2, 0.25) is 0 Å². The van der Waals surface area contributed by atoms with Gasteiger partial charge < -0.3 is 0 Å². The van der Waals surface area contributed by atoms with Gasteiger partial charge in [0.15, 0.2) is 0 Å². The maximum atomic E-state index is 13.4. The van der Waals surface area contributed by atoms with E-state index in [4.69, 9.17) is 0 Å². The van der Waals surface area contributed by atoms with Crippen molar-refractivity contribution in [2.75, 3.05) is 7.05 Å². The smallest absolute Gasteiger partial charge is 0.268 e. The topological polar surface area (TPSA) is 38.1 Å². The zero-order valence-corrected chi connectivity index (χ0v) is 13.0. The third-order valence-electron chi connectivity index (χ3n) is 3.05. The second-order valence-corrected chi connectivity index (χ2v) is 6.02. The maximum Gasteiger partial charge on any atom is 0.408 e. The van der Waals surface area contributed by atoms with Gasteiger partial charge in [0.1, 0.15) is 11.9 Å². The SMILES string of the molecule is CN(Sc1cnn(C)c(=O)c1)[C@H](c1ccc(F)cc1)C(F)(F)F. The lowest BCUT2D eigenvalue weighted by Gasteiger charge is -2.29. The van der Waals surface area contributed by atoms with E-state index in [1.54, 1.807) is 0 Å². The van der Waals surface area contributed by atoms with E-state index in [1.165, 1.54) is 26.4 Å². The Kier molecular flexibility index (Phi) is 5.10. The third-order valence-corrected chi connectivity index (χ3v) is 3.98. The van der Waals surface area contributed by atoms with Crippen LogP contribution < -0.4 is 5.56 Å². The van der Waals surface area contributed by atoms with E-state index in [2.05, 4.69) is 5.10 Å². The van der Waals surface area contributed by atoms with Crippen molar-refractivity contribution in [3.63, 3.8) is 0 Å². The first-order valence-corrected chi connectivity index (χ1v) is 7.22. The van der Waals surface area contributed by atoms with E-state index in [9.17, 15) is 22.4 Å². The van der Waals surface area contributed by atoms with Gasteiger partial charge in [-0.1, -0.05) is 12.1 Å². The van der Waals surface area contributed by atoms with Crippen LogP contribution in [0.2, 0.25) is 0 Å². The summed E-state index contributed by atoms with van der Waals surface area (Å²) in [5.74, 6) is -0.610. The fourth-order valence-electron chi connectivity index (χ4n) is 1.97. The minimum Gasteiger partial charge on any atom is -0.268 e. The summed E-state index contributed by atoms with van der Waals surface area (Å²) in [5.41, 5.74) is -0.514. The number of aryl methyl sites for hydroxylation is 1. The Labute approximate surface area is 133 Å². The molecule has 23 heavy (non-hydrogen) atoms. The van der Waals surface area contributed by atoms with Crippen molar-refractivity contribution in [2.45, 2.75) is 17.1 Å². The molecule has 124 valence electrons. The summed E-state index contributed by atoms with van der Waals surface area (Å²) in [7, 11) is 2.70. The van der Waals surface area contributed by atoms with Crippen LogP contribution in [0, 0.1) is 5.82 Å². The molecule has 0 amide bonds. The second-order valence-electron chi connectivity index (χ2n) is 4.79. The molecule has 0 aliphatic rings. The Morgan fingerprint density at radius 2 is 1.87 bits per heavy atom. The van der Waals surface area contributed by atoms with Gasteiger partial charge in [-0.25, -0.2) is 13.4 Å². The molecule has 2 aromatic rings. The van der Waals surface area contributed by atoms with Crippen LogP contribution in [0.25, 0.3) is 0 Å². The van der Waals surface area contributed by atoms with Crippen LogP contribution in [0.3, 0.4) is 0 Å². The summed E-state index contributed by atoms with van der Waals surface area (Å²) in [4.78, 5) is 11.8. The lowest BCUT2D eigenvalue weighted by atomic mass is 10.1. The van der Waals surface area contributed by atoms with Gasteiger partial charge >= 0.3 is 6.18 Å². The summed E-state index contributed by atoms with van der Waals surface area (Å²) < 4.78 is 55.1. The van der Waals surface area contributed by atoms with Crippen LogP contribution in [0.4, 0.5) is 17.6 Å². The van der Waals surface area contributed by atoms with Crippen LogP contribution in [0.15, 0.2) is 46.2 Å². The summed E-state index contributed by atoms with van der Waals surface area (Å²) >= 11 is 0.744. The third kappa shape index (κ3) is 4.32. The number of halogens is 4. The highest BCUT2D eigenvalue weighted by Crippen LogP contribution is 2.41. The van der Waals surface area contributed by atoms with Crippen molar-refractivity contribution in [2.24, 2.45) is 7.05 Å². The quantitative estimate of drug-likeness (QED) is 0.629. The molecule has 0 aliphatic heterocycles. The number of nitrogens with zero attached hydrogens (tertiary/aromatic N) is 3. The molecule has 9 heteroatoms. The monoisotopic (exact) mass is 347 g/mol. The van der Waals surface area contributed by atoms with Crippen molar-refractivity contribution in [1.82, 2.24) is 14.1 Å². The molecule has 0 aliphatic carbocycles. The van der Waals surface area contributed by atoms with Crippen molar-refractivity contribution >= 4 is 11.9 Å². The number of rotatable bonds is 4. The molecule has 0 N–H and O–H groups in total. The van der Waals surface area contributed by atoms with Crippen molar-refractivity contribution in [1.29, 1.82) is 0 Å². The summed E-state index contributed by atoms with van der Waals surface area (Å²) in [5, 5.41) is 3.76. The Balaban J connectivity index is 2.30. The molecule has 1 aromatic heterocycles. The molecule has 0 spiro atoms. The Hall–Kier alpha value is -1.87. The molecule has 1 heterocycles. The number of hydrogen-bond acceptors (Lipinski definition) is 4. The van der Waals surface area contributed by atoms with E-state index in [-0.39, 0.29) is 10.5 Å². The van der Waals surface area contributed by atoms with Gasteiger partial charge in [0.25, 0.3) is 5.56 Å². The average Bonchev–Trinajstić information content (AvgIpc) is 2.44. The summed E-state index contributed by atoms with van der Waals surface area (Å²) in [6.45, 7) is 0. The molecule has 1 aromatic carbocycles. The molecular formula is C14H13F4N3OS. The number of aromatic nitrogens is 2. The Morgan fingerprint density at radius 3 is 2.39 bits per heavy atom. The molecule has 1 atom stereocenters. The van der Waals surface area contributed by atoms with Crippen LogP contribution in [0.5, 0.6) is 0 Å². The minimum atomic E-state index is -4.56. The number of alkyl halides is 3. The highest BCUT2D eigenvalue weighted by Gasteiger charge is 2.44. The van der Waals surface area contributed by atoms with Gasteiger partial charge in [-0.3, -0.25) is 4.79 Å². The summed E-state index contributed by atoms with van der Waals surface area (Å²) in [6, 6.07) is 3.39. The van der Waals surface area contributed by atoms with Gasteiger partial charge in [0, 0.05) is 18.0 Å². The predicted octanol–water partition coefficient (Wildman–Crippen LogP) is 3.16. The van der Waals surface area contributed by atoms with Gasteiger partial charge in [0.05, 0.1) is 6.20 Å². The highest BCUT2D eigenvalue weighted by atomic mass is 32.2. The lowest BCUT2D eigenvalue weighted by molar-refractivity contribution is -0.169. The normalized spacial score (nSPS) is 13.3. The van der Waals surface area contributed by atoms with Crippen molar-refractivity contribution < 1.29 is 17.6 Å². The zero-order valence-electron chi connectivity index (χ0n) is 12.2. The molecule has 0 saturated heterocycles. The minimum absolute atomic E-state index is 0.0920. The van der Waals surface area contributed by atoms with Crippen molar-refractivity contribution in [3.8, 4) is 0 Å². The van der Waals surface area contributed by atoms with E-state index < -0.39 is 23.6 Å². The largest absolute Gasteiger partial charge is 0.408 e. The Bertz CT molecular complexity index is 730. The second kappa shape index (κ2) is 6.71. The molecular weight excluding hydrogens is 334 g/mol. The van der Waals surface area contributed by atoms with Gasteiger partial charge in [-0.05, 0) is 36.7 Å². The maximum absolute atomic E-state index is 13.4. The molecule has 2 rings (SSSR count). The van der Waals surface area contributed by atoms with Gasteiger partial charge in [-0.15, -0.1) is 0 Å². The molecule has 0 radical (unpaired) electrons. The molecule has 0 saturated carbocycles. The van der Waals surface area contributed by atoms with E-state index >= 15 is 0 Å². The zero-order chi connectivity index (χ0) is 17.2. The predicted molar refractivity (Wildman–Crippen MR) is 78.3 cm³/mol. The standard InChI is InChI=1S/C14H13F4N3OS/c1-20-12(22)7-11(8-19-20)23-21(2)13(14(16,17)18)9-3-5-10(15)6-4-9/h3-8,13H,1-2H3/t13-/m1/s1. The first-order chi connectivity index (χ1) is 10.7. The summed E-state index contributed by atoms with van der Waals surface area (Å²) in [6.07, 6.45) is -3.26. The van der Waals surface area contributed by atoms with Crippen LogP contribution in [-0.4, -0.2) is 27.3 Å². The number of benzene rings is 1. The highest BCUT2D eigenvalue weighted by molar-refractivity contribution is 7.97. The van der Waals surface area contributed by atoms with Gasteiger partial charge in [-0.2, -0.15) is 18.3 Å². The molecule has 0 bridgehead atoms. The first kappa shape index (κ1) is 17.5. The van der Waals surface area contributed by atoms with E-state index in [0.717, 1.165) is 45.2 Å². The lowest BCUT2D eigenvalue weighted by Crippen LogP contribution is -2.32. The fourth-order valence-corrected chi connectivity index (χ4v) is 2.90.